The van der Waals surface area contributed by atoms with Crippen LogP contribution in [0.15, 0.2) is 12.5 Å². The summed E-state index contributed by atoms with van der Waals surface area (Å²) in [6, 6.07) is -4.54. The summed E-state index contributed by atoms with van der Waals surface area (Å²) >= 11 is 4.04. The first-order valence-corrected chi connectivity index (χ1v) is 9.94. The molecule has 0 spiro atoms. The van der Waals surface area contributed by atoms with Crippen LogP contribution in [0.3, 0.4) is 0 Å². The van der Waals surface area contributed by atoms with E-state index in [2.05, 4.69) is 38.5 Å². The second-order valence-corrected chi connectivity index (χ2v) is 7.13. The van der Waals surface area contributed by atoms with Gasteiger partial charge in [0, 0.05) is 30.5 Å². The Morgan fingerprint density at radius 3 is 2.26 bits per heavy atom. The number of hydrogen-bond donors (Lipinski definition) is 8. The van der Waals surface area contributed by atoms with E-state index in [1.165, 1.54) is 19.4 Å². The number of carbonyl (C=O) groups excluding carboxylic acids is 4. The lowest BCUT2D eigenvalue weighted by Gasteiger charge is -2.23. The van der Waals surface area contributed by atoms with E-state index in [1.54, 1.807) is 0 Å². The molecule has 1 heterocycles. The number of hydrogen-bond acceptors (Lipinski definition) is 8. The Balaban J connectivity index is 2.83. The van der Waals surface area contributed by atoms with Gasteiger partial charge in [0.25, 0.3) is 0 Å². The molecule has 0 bridgehead atoms. The predicted molar refractivity (Wildman–Crippen MR) is 112 cm³/mol. The van der Waals surface area contributed by atoms with Crippen molar-refractivity contribution in [1.82, 2.24) is 25.9 Å². The van der Waals surface area contributed by atoms with E-state index in [9.17, 15) is 24.0 Å². The molecule has 4 amide bonds. The van der Waals surface area contributed by atoms with Crippen LogP contribution >= 0.6 is 12.6 Å². The highest BCUT2D eigenvalue weighted by atomic mass is 32.1. The number of nitrogens with zero attached hydrogens (tertiary/aromatic N) is 1. The number of carbonyl (C=O) groups is 5. The van der Waals surface area contributed by atoms with Crippen molar-refractivity contribution >= 4 is 42.2 Å². The first-order chi connectivity index (χ1) is 14.5. The summed E-state index contributed by atoms with van der Waals surface area (Å²) < 4.78 is 0. The van der Waals surface area contributed by atoms with Crippen LogP contribution in [0.25, 0.3) is 0 Å². The number of primary amides is 1. The molecule has 0 aromatic carbocycles. The van der Waals surface area contributed by atoms with Crippen molar-refractivity contribution in [1.29, 1.82) is 0 Å². The molecule has 4 unspecified atom stereocenters. The molecule has 1 aromatic rings. The standard InChI is InChI=1S/C17H27N7O6S/c1-8(17(29)30)22-15(27)11(4-9-5-20-7-21-9)23-16(28)12(6-31)24-14(26)10(18)2-3-13(19)25/h5,7-8,10-12,31H,2-4,6,18H2,1H3,(H2,19,25)(H,20,21)(H,22,27)(H,23,28)(H,24,26)(H,29,30). The zero-order valence-corrected chi connectivity index (χ0v) is 17.7. The van der Waals surface area contributed by atoms with Gasteiger partial charge in [0.15, 0.2) is 0 Å². The van der Waals surface area contributed by atoms with E-state index >= 15 is 0 Å². The average Bonchev–Trinajstić information content (AvgIpc) is 3.22. The fourth-order valence-electron chi connectivity index (χ4n) is 2.38. The molecule has 0 saturated carbocycles. The molecule has 1 rings (SSSR count). The van der Waals surface area contributed by atoms with Crippen molar-refractivity contribution in [3.8, 4) is 0 Å². The maximum absolute atomic E-state index is 12.6. The van der Waals surface area contributed by atoms with Crippen molar-refractivity contribution in [2.24, 2.45) is 11.5 Å². The molecule has 13 nitrogen and oxygen atoms in total. The van der Waals surface area contributed by atoms with E-state index in [-0.39, 0.29) is 25.0 Å². The summed E-state index contributed by atoms with van der Waals surface area (Å²) in [7, 11) is 0. The smallest absolute Gasteiger partial charge is 0.325 e. The topological polar surface area (TPSA) is 222 Å². The lowest BCUT2D eigenvalue weighted by Crippen LogP contribution is -2.58. The highest BCUT2D eigenvalue weighted by Crippen LogP contribution is 2.02. The van der Waals surface area contributed by atoms with Gasteiger partial charge in [-0.05, 0) is 13.3 Å². The molecule has 14 heteroatoms. The van der Waals surface area contributed by atoms with E-state index in [1.807, 2.05) is 0 Å². The number of nitrogens with two attached hydrogens (primary N) is 2. The van der Waals surface area contributed by atoms with Gasteiger partial charge in [0.2, 0.25) is 23.6 Å². The maximum Gasteiger partial charge on any atom is 0.325 e. The van der Waals surface area contributed by atoms with Crippen LogP contribution in [0.4, 0.5) is 0 Å². The minimum Gasteiger partial charge on any atom is -0.480 e. The van der Waals surface area contributed by atoms with Crippen LogP contribution in [-0.4, -0.2) is 74.6 Å². The Morgan fingerprint density at radius 1 is 1.13 bits per heavy atom. The Kier molecular flexibility index (Phi) is 10.5. The molecule has 172 valence electrons. The van der Waals surface area contributed by atoms with Crippen LogP contribution in [0, 0.1) is 0 Å². The minimum absolute atomic E-state index is 0.00000892. The van der Waals surface area contributed by atoms with Crippen molar-refractivity contribution in [3.63, 3.8) is 0 Å². The van der Waals surface area contributed by atoms with Crippen molar-refractivity contribution in [3.05, 3.63) is 18.2 Å². The number of imidazole rings is 1. The monoisotopic (exact) mass is 457 g/mol. The SMILES string of the molecule is CC(NC(=O)C(Cc1cnc[nH]1)NC(=O)C(CS)NC(=O)C(N)CCC(N)=O)C(=O)O. The molecule has 0 aliphatic rings. The summed E-state index contributed by atoms with van der Waals surface area (Å²) in [6.45, 7) is 1.28. The van der Waals surface area contributed by atoms with Crippen LogP contribution < -0.4 is 27.4 Å². The molecule has 0 aliphatic carbocycles. The fourth-order valence-corrected chi connectivity index (χ4v) is 2.63. The van der Waals surface area contributed by atoms with Gasteiger partial charge in [0.05, 0.1) is 12.4 Å². The lowest BCUT2D eigenvalue weighted by atomic mass is 10.1. The Labute approximate surface area is 183 Å². The highest BCUT2D eigenvalue weighted by molar-refractivity contribution is 7.80. The molecule has 0 saturated heterocycles. The third kappa shape index (κ3) is 9.04. The molecule has 9 N–H and O–H groups in total. The Hall–Kier alpha value is -3.13. The molecule has 31 heavy (non-hydrogen) atoms. The lowest BCUT2D eigenvalue weighted by molar-refractivity contribution is -0.141. The van der Waals surface area contributed by atoms with E-state index in [0.717, 1.165) is 0 Å². The first-order valence-electron chi connectivity index (χ1n) is 9.31. The van der Waals surface area contributed by atoms with Crippen LogP contribution in [-0.2, 0) is 30.4 Å². The van der Waals surface area contributed by atoms with Gasteiger partial charge < -0.3 is 37.5 Å². The zero-order chi connectivity index (χ0) is 23.6. The van der Waals surface area contributed by atoms with Gasteiger partial charge in [-0.25, -0.2) is 4.98 Å². The number of aromatic amines is 1. The maximum atomic E-state index is 12.6. The molecular formula is C17H27N7O6S. The van der Waals surface area contributed by atoms with Crippen molar-refractivity contribution in [2.45, 2.75) is 50.4 Å². The fraction of sp³-hybridized carbons (Fsp3) is 0.529. The number of carboxylic acid groups (broad SMARTS) is 1. The number of thiol groups is 1. The normalized spacial score (nSPS) is 14.5. The predicted octanol–water partition coefficient (Wildman–Crippen LogP) is -2.97. The van der Waals surface area contributed by atoms with Gasteiger partial charge in [0.1, 0.15) is 18.1 Å². The molecule has 1 aromatic heterocycles. The second-order valence-electron chi connectivity index (χ2n) is 6.77. The number of H-pyrrole nitrogens is 1. The minimum atomic E-state index is -1.24. The molecular weight excluding hydrogens is 430 g/mol. The van der Waals surface area contributed by atoms with Gasteiger partial charge >= 0.3 is 5.97 Å². The van der Waals surface area contributed by atoms with Crippen molar-refractivity contribution < 1.29 is 29.1 Å². The summed E-state index contributed by atoms with van der Waals surface area (Å²) in [5.41, 5.74) is 11.2. The molecule has 0 fully saturated rings. The van der Waals surface area contributed by atoms with E-state index < -0.39 is 53.8 Å². The number of nitrogens with one attached hydrogen (secondary N) is 4. The van der Waals surface area contributed by atoms with Gasteiger partial charge in [-0.3, -0.25) is 24.0 Å². The molecule has 0 radical (unpaired) electrons. The number of rotatable bonds is 13. The zero-order valence-electron chi connectivity index (χ0n) is 16.8. The van der Waals surface area contributed by atoms with Gasteiger partial charge in [-0.2, -0.15) is 12.6 Å². The first kappa shape index (κ1) is 25.9. The number of carboxylic acids is 1. The van der Waals surface area contributed by atoms with Crippen LogP contribution in [0.2, 0.25) is 0 Å². The summed E-state index contributed by atoms with van der Waals surface area (Å²) in [5, 5.41) is 16.1. The van der Waals surface area contributed by atoms with E-state index in [4.69, 9.17) is 16.6 Å². The third-order valence-corrected chi connectivity index (χ3v) is 4.56. The van der Waals surface area contributed by atoms with Crippen LogP contribution in [0.1, 0.15) is 25.5 Å². The Bertz CT molecular complexity index is 788. The summed E-state index contributed by atoms with van der Waals surface area (Å²) in [5.74, 6) is -4.12. The number of aliphatic carboxylic acids is 1. The second kappa shape index (κ2) is 12.5. The summed E-state index contributed by atoms with van der Waals surface area (Å²) in [4.78, 5) is 65.8. The average molecular weight is 458 g/mol. The van der Waals surface area contributed by atoms with E-state index in [0.29, 0.717) is 5.69 Å². The number of amides is 4. The van der Waals surface area contributed by atoms with Gasteiger partial charge in [-0.15, -0.1) is 0 Å². The Morgan fingerprint density at radius 2 is 1.74 bits per heavy atom. The molecule has 4 atom stereocenters. The molecule has 0 aliphatic heterocycles. The highest BCUT2D eigenvalue weighted by Gasteiger charge is 2.29. The summed E-state index contributed by atoms with van der Waals surface area (Å²) in [6.07, 6.45) is 2.73. The van der Waals surface area contributed by atoms with Crippen molar-refractivity contribution in [2.75, 3.05) is 5.75 Å². The largest absolute Gasteiger partial charge is 0.480 e. The quantitative estimate of drug-likeness (QED) is 0.142. The van der Waals surface area contributed by atoms with Gasteiger partial charge in [-0.1, -0.05) is 0 Å². The number of aromatic nitrogens is 2. The van der Waals surface area contributed by atoms with Crippen LogP contribution in [0.5, 0.6) is 0 Å². The third-order valence-electron chi connectivity index (χ3n) is 4.20.